The first-order chi connectivity index (χ1) is 15.6. The number of aryl methyl sites for hydroxylation is 1. The summed E-state index contributed by atoms with van der Waals surface area (Å²) in [7, 11) is 1.43. The zero-order valence-corrected chi connectivity index (χ0v) is 19.0. The summed E-state index contributed by atoms with van der Waals surface area (Å²) in [5.74, 6) is -0.369. The van der Waals surface area contributed by atoms with Gasteiger partial charge in [-0.1, -0.05) is 18.2 Å². The second kappa shape index (κ2) is 10.2. The van der Waals surface area contributed by atoms with Gasteiger partial charge in [0.05, 0.1) is 16.9 Å². The Labute approximate surface area is 190 Å². The third kappa shape index (κ3) is 5.41. The average molecular weight is 466 g/mol. The van der Waals surface area contributed by atoms with Crippen molar-refractivity contribution in [2.75, 3.05) is 37.2 Å². The number of alkyl halides is 2. The monoisotopic (exact) mass is 465 g/mol. The number of hydrogen-bond donors (Lipinski definition) is 3. The molecule has 0 radical (unpaired) electrons. The molecule has 0 spiro atoms. The smallest absolute Gasteiger partial charge is 0.290 e. The van der Waals surface area contributed by atoms with E-state index in [9.17, 15) is 18.0 Å². The number of aromatic nitrogens is 2. The van der Waals surface area contributed by atoms with Crippen molar-refractivity contribution < 1.29 is 13.2 Å². The van der Waals surface area contributed by atoms with Crippen molar-refractivity contribution in [1.29, 1.82) is 0 Å². The van der Waals surface area contributed by atoms with Gasteiger partial charge in [0, 0.05) is 51.4 Å². The van der Waals surface area contributed by atoms with E-state index in [0.717, 1.165) is 23.8 Å². The molecule has 1 fully saturated rings. The van der Waals surface area contributed by atoms with Crippen LogP contribution < -0.4 is 22.3 Å². The predicted molar refractivity (Wildman–Crippen MR) is 123 cm³/mol. The number of benzene rings is 1. The van der Waals surface area contributed by atoms with Gasteiger partial charge in [0.1, 0.15) is 11.5 Å². The van der Waals surface area contributed by atoms with Crippen molar-refractivity contribution in [3.8, 4) is 0 Å². The first kappa shape index (κ1) is 24.4. The Balaban J connectivity index is 1.88. The number of hydrogen-bond acceptors (Lipinski definition) is 7. The third-order valence-corrected chi connectivity index (χ3v) is 5.81. The van der Waals surface area contributed by atoms with Crippen LogP contribution in [-0.2, 0) is 13.6 Å². The van der Waals surface area contributed by atoms with Gasteiger partial charge in [-0.3, -0.25) is 9.69 Å². The fraction of sp³-hybridized carbons (Fsp3) is 0.455. The molecule has 0 bridgehead atoms. The molecule has 8 nitrogen and oxygen atoms in total. The van der Waals surface area contributed by atoms with Gasteiger partial charge in [-0.05, 0) is 19.9 Å². The molecule has 0 atom stereocenters. The van der Waals surface area contributed by atoms with E-state index in [1.54, 1.807) is 6.08 Å². The number of rotatable bonds is 7. The third-order valence-electron chi connectivity index (χ3n) is 5.81. The molecule has 11 heteroatoms. The fourth-order valence-corrected chi connectivity index (χ4v) is 3.76. The topological polar surface area (TPSA) is 105 Å². The normalized spacial score (nSPS) is 15.5. The molecule has 0 saturated carbocycles. The molecular formula is C22H30F3N7O. The lowest BCUT2D eigenvalue weighted by Gasteiger charge is -2.38. The molecule has 2 heterocycles. The average Bonchev–Trinajstić information content (AvgIpc) is 2.78. The van der Waals surface area contributed by atoms with Crippen LogP contribution in [0.1, 0.15) is 37.0 Å². The fourth-order valence-electron chi connectivity index (χ4n) is 3.76. The predicted octanol–water partition coefficient (Wildman–Crippen LogP) is 2.33. The van der Waals surface area contributed by atoms with Gasteiger partial charge in [0.25, 0.3) is 12.0 Å². The number of nitrogens with one attached hydrogen (secondary N) is 1. The molecule has 1 aromatic heterocycles. The Morgan fingerprint density at radius 2 is 1.91 bits per heavy atom. The lowest BCUT2D eigenvalue weighted by atomic mass is 10.1. The molecule has 0 aliphatic carbocycles. The van der Waals surface area contributed by atoms with Crippen LogP contribution in [-0.4, -0.2) is 51.8 Å². The van der Waals surface area contributed by atoms with Gasteiger partial charge >= 0.3 is 0 Å². The second-order valence-electron chi connectivity index (χ2n) is 8.27. The molecule has 0 unspecified atom stereocenters. The molecule has 1 saturated heterocycles. The van der Waals surface area contributed by atoms with E-state index < -0.39 is 23.4 Å². The van der Waals surface area contributed by atoms with E-state index in [4.69, 9.17) is 11.5 Å². The first-order valence-electron chi connectivity index (χ1n) is 10.7. The Bertz CT molecular complexity index is 1080. The van der Waals surface area contributed by atoms with Crippen LogP contribution in [0.2, 0.25) is 0 Å². The minimum Gasteiger partial charge on any atom is -0.394 e. The van der Waals surface area contributed by atoms with Crippen LogP contribution >= 0.6 is 0 Å². The highest BCUT2D eigenvalue weighted by Crippen LogP contribution is 2.26. The highest BCUT2D eigenvalue weighted by atomic mass is 19.3. The molecule has 1 aromatic carbocycles. The summed E-state index contributed by atoms with van der Waals surface area (Å²) in [6, 6.07) is 4.24. The van der Waals surface area contributed by atoms with E-state index in [1.807, 2.05) is 4.90 Å². The Hall–Kier alpha value is -3.21. The molecule has 3 rings (SSSR count). The molecule has 180 valence electrons. The van der Waals surface area contributed by atoms with Crippen LogP contribution in [0.25, 0.3) is 6.08 Å². The maximum Gasteiger partial charge on any atom is 0.290 e. The quantitative estimate of drug-likeness (QED) is 0.576. The summed E-state index contributed by atoms with van der Waals surface area (Å²) < 4.78 is 41.5. The van der Waals surface area contributed by atoms with E-state index >= 15 is 0 Å². The Morgan fingerprint density at radius 3 is 2.52 bits per heavy atom. The van der Waals surface area contributed by atoms with Gasteiger partial charge < -0.3 is 21.7 Å². The van der Waals surface area contributed by atoms with Gasteiger partial charge in [-0.15, -0.1) is 0 Å². The molecule has 1 aliphatic heterocycles. The second-order valence-corrected chi connectivity index (χ2v) is 8.27. The van der Waals surface area contributed by atoms with Gasteiger partial charge in [0.2, 0.25) is 0 Å². The van der Waals surface area contributed by atoms with E-state index in [2.05, 4.69) is 29.2 Å². The largest absolute Gasteiger partial charge is 0.394 e. The summed E-state index contributed by atoms with van der Waals surface area (Å²) in [6.07, 6.45) is -1.35. The maximum absolute atomic E-state index is 14.4. The van der Waals surface area contributed by atoms with Gasteiger partial charge in [-0.25, -0.2) is 17.9 Å². The van der Waals surface area contributed by atoms with E-state index in [0.29, 0.717) is 25.0 Å². The number of nitrogen functional groups attached to an aromatic ring is 1. The summed E-state index contributed by atoms with van der Waals surface area (Å²) >= 11 is 0. The summed E-state index contributed by atoms with van der Waals surface area (Å²) in [5.41, 5.74) is 11.5. The van der Waals surface area contributed by atoms with Crippen molar-refractivity contribution >= 4 is 17.6 Å². The molecule has 1 aliphatic rings. The van der Waals surface area contributed by atoms with Crippen molar-refractivity contribution in [1.82, 2.24) is 19.6 Å². The zero-order chi connectivity index (χ0) is 24.3. The van der Waals surface area contributed by atoms with Gasteiger partial charge in [-0.2, -0.15) is 5.10 Å². The van der Waals surface area contributed by atoms with Gasteiger partial charge in [0.15, 0.2) is 5.82 Å². The Morgan fingerprint density at radius 1 is 1.24 bits per heavy atom. The highest BCUT2D eigenvalue weighted by Gasteiger charge is 2.21. The van der Waals surface area contributed by atoms with Crippen molar-refractivity contribution in [2.45, 2.75) is 32.9 Å². The van der Waals surface area contributed by atoms with Crippen molar-refractivity contribution in [2.24, 2.45) is 12.8 Å². The van der Waals surface area contributed by atoms with E-state index in [1.165, 1.54) is 19.2 Å². The molecule has 2 aromatic rings. The van der Waals surface area contributed by atoms with Crippen LogP contribution in [0, 0.1) is 5.82 Å². The lowest BCUT2D eigenvalue weighted by molar-refractivity contribution is 0.130. The van der Waals surface area contributed by atoms with Crippen LogP contribution in [0.3, 0.4) is 0 Å². The highest BCUT2D eigenvalue weighted by molar-refractivity contribution is 5.74. The van der Waals surface area contributed by atoms with Crippen LogP contribution in [0.5, 0.6) is 0 Å². The SMILES string of the molecule is CC(C)N1CCN(/C(N)=C/c2c(NCc3cccc(C(F)F)c3F)nn(C)c(=O)c2N)CC1. The Kier molecular flexibility index (Phi) is 7.52. The number of halogens is 3. The molecule has 0 amide bonds. The standard InChI is InChI=1S/C22H30F3N7O/c1-13(2)31-7-9-32(10-8-31)17(26)11-16-19(27)22(33)30(3)29-21(16)28-12-14-5-4-6-15(18(14)23)20(24)25/h4-6,11,13,20H,7-10,12,26-27H2,1-3H3,(H,28,29)/b17-11+. The number of nitrogens with zero attached hydrogens (tertiary/aromatic N) is 4. The zero-order valence-electron chi connectivity index (χ0n) is 19.0. The van der Waals surface area contributed by atoms with E-state index in [-0.39, 0.29) is 29.2 Å². The van der Waals surface area contributed by atoms with Crippen molar-refractivity contribution in [3.63, 3.8) is 0 Å². The summed E-state index contributed by atoms with van der Waals surface area (Å²) in [4.78, 5) is 16.7. The summed E-state index contributed by atoms with van der Waals surface area (Å²) in [6.45, 7) is 7.27. The number of anilines is 2. The summed E-state index contributed by atoms with van der Waals surface area (Å²) in [5, 5.41) is 7.10. The minimum absolute atomic E-state index is 0.0368. The first-order valence-corrected chi connectivity index (χ1v) is 10.7. The van der Waals surface area contributed by atoms with Crippen LogP contribution in [0.15, 0.2) is 28.8 Å². The van der Waals surface area contributed by atoms with Crippen molar-refractivity contribution in [3.05, 3.63) is 56.9 Å². The minimum atomic E-state index is -2.93. The number of piperazine rings is 1. The van der Waals surface area contributed by atoms with Crippen LogP contribution in [0.4, 0.5) is 24.7 Å². The molecule has 5 N–H and O–H groups in total. The molecular weight excluding hydrogens is 435 g/mol. The maximum atomic E-state index is 14.4. The lowest BCUT2D eigenvalue weighted by Crippen LogP contribution is -2.49. The number of nitrogens with two attached hydrogens (primary N) is 2. The molecule has 33 heavy (non-hydrogen) atoms.